The fraction of sp³-hybridized carbons (Fsp3) is 0.167. The van der Waals surface area contributed by atoms with Crippen molar-refractivity contribution >= 4 is 29.2 Å². The molecule has 0 atom stereocenters. The van der Waals surface area contributed by atoms with Crippen LogP contribution < -0.4 is 10.6 Å². The average molecular weight is 382 g/mol. The number of carbonyl (C=O) groups excluding carboxylic acids is 2. The maximum atomic E-state index is 12.3. The van der Waals surface area contributed by atoms with Gasteiger partial charge in [-0.1, -0.05) is 0 Å². The first-order valence-electron chi connectivity index (χ1n) is 8.37. The summed E-state index contributed by atoms with van der Waals surface area (Å²) in [4.78, 5) is 34.9. The van der Waals surface area contributed by atoms with Gasteiger partial charge in [-0.15, -0.1) is 0 Å². The minimum atomic E-state index is -0.934. The number of carboxylic acids is 1. The summed E-state index contributed by atoms with van der Waals surface area (Å²) in [6.45, 7) is 0.188. The zero-order chi connectivity index (χ0) is 20.1. The van der Waals surface area contributed by atoms with Gasteiger partial charge in [0.2, 0.25) is 0 Å². The summed E-state index contributed by atoms with van der Waals surface area (Å²) in [5.41, 5.74) is 1.73. The van der Waals surface area contributed by atoms with Crippen molar-refractivity contribution in [2.45, 2.75) is 13.0 Å². The fourth-order valence-electron chi connectivity index (χ4n) is 2.38. The Morgan fingerprint density at radius 2 is 1.68 bits per heavy atom. The van der Waals surface area contributed by atoms with Crippen molar-refractivity contribution in [2.75, 3.05) is 10.6 Å². The number of hydrogen-bond donors (Lipinski definition) is 3. The summed E-state index contributed by atoms with van der Waals surface area (Å²) < 4.78 is 2.94. The maximum Gasteiger partial charge on any atom is 0.305 e. The van der Waals surface area contributed by atoms with E-state index in [9.17, 15) is 14.4 Å². The first-order valence-corrected chi connectivity index (χ1v) is 8.37. The van der Waals surface area contributed by atoms with Crippen LogP contribution in [0.15, 0.2) is 48.9 Å². The summed E-state index contributed by atoms with van der Waals surface area (Å²) >= 11 is 0. The number of amides is 2. The zero-order valence-corrected chi connectivity index (χ0v) is 15.0. The van der Waals surface area contributed by atoms with E-state index in [-0.39, 0.29) is 24.8 Å². The highest BCUT2D eigenvalue weighted by Crippen LogP contribution is 2.15. The third-order valence-electron chi connectivity index (χ3n) is 3.80. The number of aryl methyl sites for hydroxylation is 2. The Morgan fingerprint density at radius 3 is 2.25 bits per heavy atom. The molecular weight excluding hydrogens is 364 g/mol. The van der Waals surface area contributed by atoms with Gasteiger partial charge in [-0.3, -0.25) is 23.7 Å². The van der Waals surface area contributed by atoms with E-state index < -0.39 is 5.97 Å². The Labute approximate surface area is 159 Å². The molecule has 2 aromatic heterocycles. The van der Waals surface area contributed by atoms with Gasteiger partial charge in [0.1, 0.15) is 0 Å². The van der Waals surface area contributed by atoms with Crippen LogP contribution in [-0.4, -0.2) is 42.5 Å². The lowest BCUT2D eigenvalue weighted by atomic mass is 10.2. The van der Waals surface area contributed by atoms with Crippen molar-refractivity contribution in [1.29, 1.82) is 0 Å². The third-order valence-corrected chi connectivity index (χ3v) is 3.80. The second-order valence-electron chi connectivity index (χ2n) is 6.00. The molecule has 0 saturated heterocycles. The van der Waals surface area contributed by atoms with Crippen LogP contribution in [0.3, 0.4) is 0 Å². The van der Waals surface area contributed by atoms with E-state index >= 15 is 0 Å². The molecule has 0 radical (unpaired) electrons. The molecule has 28 heavy (non-hydrogen) atoms. The van der Waals surface area contributed by atoms with E-state index in [4.69, 9.17) is 5.11 Å². The summed E-state index contributed by atoms with van der Waals surface area (Å²) in [6.07, 6.45) is 4.46. The molecule has 2 heterocycles. The van der Waals surface area contributed by atoms with Crippen molar-refractivity contribution in [3.8, 4) is 0 Å². The van der Waals surface area contributed by atoms with Gasteiger partial charge >= 0.3 is 5.97 Å². The third kappa shape index (κ3) is 4.81. The fourth-order valence-corrected chi connectivity index (χ4v) is 2.38. The molecular formula is C18H18N6O4. The highest BCUT2D eigenvalue weighted by Gasteiger charge is 2.11. The molecule has 0 aliphatic carbocycles. The van der Waals surface area contributed by atoms with Gasteiger partial charge < -0.3 is 15.7 Å². The molecule has 3 N–H and O–H groups in total. The van der Waals surface area contributed by atoms with Gasteiger partial charge in [-0.25, -0.2) is 0 Å². The standard InChI is InChI=1S/C18H18N6O4/c1-23-8-6-15(22-23)18(28)21-14-4-2-13(3-5-14)20-17(27)12-10-19-24(11-12)9-7-16(25)26/h2-6,8,10-11H,7,9H2,1H3,(H,20,27)(H,21,28)(H,25,26). The van der Waals surface area contributed by atoms with E-state index in [2.05, 4.69) is 20.8 Å². The van der Waals surface area contributed by atoms with Crippen molar-refractivity contribution in [2.24, 2.45) is 7.05 Å². The Kier molecular flexibility index (Phi) is 5.49. The van der Waals surface area contributed by atoms with Crippen LogP contribution in [0.5, 0.6) is 0 Å². The normalized spacial score (nSPS) is 10.5. The quantitative estimate of drug-likeness (QED) is 0.569. The van der Waals surface area contributed by atoms with Crippen molar-refractivity contribution in [3.05, 3.63) is 60.2 Å². The lowest BCUT2D eigenvalue weighted by molar-refractivity contribution is -0.137. The van der Waals surface area contributed by atoms with E-state index in [1.165, 1.54) is 21.8 Å². The molecule has 10 nitrogen and oxygen atoms in total. The highest BCUT2D eigenvalue weighted by molar-refractivity contribution is 6.05. The summed E-state index contributed by atoms with van der Waals surface area (Å²) in [5.74, 6) is -1.63. The van der Waals surface area contributed by atoms with Crippen LogP contribution in [0.1, 0.15) is 27.3 Å². The van der Waals surface area contributed by atoms with Crippen LogP contribution in [0, 0.1) is 0 Å². The lowest BCUT2D eigenvalue weighted by Crippen LogP contribution is -2.13. The number of aliphatic carboxylic acids is 1. The van der Waals surface area contributed by atoms with Crippen molar-refractivity contribution in [1.82, 2.24) is 19.6 Å². The molecule has 0 aliphatic rings. The molecule has 0 aliphatic heterocycles. The van der Waals surface area contributed by atoms with Crippen LogP contribution in [0.4, 0.5) is 11.4 Å². The average Bonchev–Trinajstić information content (AvgIpc) is 3.30. The number of benzene rings is 1. The Balaban J connectivity index is 1.57. The zero-order valence-electron chi connectivity index (χ0n) is 15.0. The molecule has 0 fully saturated rings. The predicted molar refractivity (Wildman–Crippen MR) is 100 cm³/mol. The number of rotatable bonds is 7. The minimum Gasteiger partial charge on any atom is -0.481 e. The maximum absolute atomic E-state index is 12.3. The molecule has 2 amide bonds. The van der Waals surface area contributed by atoms with Gasteiger partial charge in [0.25, 0.3) is 11.8 Å². The van der Waals surface area contributed by atoms with Gasteiger partial charge in [0, 0.05) is 30.8 Å². The second kappa shape index (κ2) is 8.16. The van der Waals surface area contributed by atoms with E-state index in [0.29, 0.717) is 22.6 Å². The summed E-state index contributed by atoms with van der Waals surface area (Å²) in [6, 6.07) is 8.24. The second-order valence-corrected chi connectivity index (χ2v) is 6.00. The highest BCUT2D eigenvalue weighted by atomic mass is 16.4. The van der Waals surface area contributed by atoms with Gasteiger partial charge in [0.15, 0.2) is 5.69 Å². The van der Waals surface area contributed by atoms with Crippen LogP contribution in [0.25, 0.3) is 0 Å². The van der Waals surface area contributed by atoms with Crippen molar-refractivity contribution in [3.63, 3.8) is 0 Å². The lowest BCUT2D eigenvalue weighted by Gasteiger charge is -2.06. The molecule has 10 heteroatoms. The predicted octanol–water partition coefficient (Wildman–Crippen LogP) is 1.60. The van der Waals surface area contributed by atoms with E-state index in [0.717, 1.165) is 0 Å². The SMILES string of the molecule is Cn1ccc(C(=O)Nc2ccc(NC(=O)c3cnn(CCC(=O)O)c3)cc2)n1. The molecule has 1 aromatic carbocycles. The van der Waals surface area contributed by atoms with E-state index in [1.54, 1.807) is 43.6 Å². The molecule has 0 unspecified atom stereocenters. The number of aromatic nitrogens is 4. The summed E-state index contributed by atoms with van der Waals surface area (Å²) in [5, 5.41) is 22.1. The molecule has 0 saturated carbocycles. The molecule has 3 aromatic rings. The van der Waals surface area contributed by atoms with E-state index in [1.807, 2.05) is 0 Å². The molecule has 0 bridgehead atoms. The number of nitrogens with zero attached hydrogens (tertiary/aromatic N) is 4. The monoisotopic (exact) mass is 382 g/mol. The summed E-state index contributed by atoms with van der Waals surface area (Å²) in [7, 11) is 1.73. The van der Waals surface area contributed by atoms with Crippen LogP contribution in [0.2, 0.25) is 0 Å². The Hall–Kier alpha value is -3.95. The largest absolute Gasteiger partial charge is 0.481 e. The topological polar surface area (TPSA) is 131 Å². The number of anilines is 2. The van der Waals surface area contributed by atoms with Gasteiger partial charge in [-0.2, -0.15) is 10.2 Å². The van der Waals surface area contributed by atoms with Crippen LogP contribution >= 0.6 is 0 Å². The minimum absolute atomic E-state index is 0.0750. The number of carboxylic acid groups (broad SMARTS) is 1. The van der Waals surface area contributed by atoms with Gasteiger partial charge in [-0.05, 0) is 30.3 Å². The molecule has 144 valence electrons. The number of carbonyl (C=O) groups is 3. The Bertz CT molecular complexity index is 1010. The molecule has 0 spiro atoms. The number of nitrogens with one attached hydrogen (secondary N) is 2. The smallest absolute Gasteiger partial charge is 0.305 e. The Morgan fingerprint density at radius 1 is 1.04 bits per heavy atom. The molecule has 3 rings (SSSR count). The first-order chi connectivity index (χ1) is 13.4. The van der Waals surface area contributed by atoms with Crippen LogP contribution in [-0.2, 0) is 18.4 Å². The van der Waals surface area contributed by atoms with Gasteiger partial charge in [0.05, 0.1) is 24.7 Å². The first kappa shape index (κ1) is 18.8. The number of hydrogen-bond acceptors (Lipinski definition) is 5. The van der Waals surface area contributed by atoms with Crippen molar-refractivity contribution < 1.29 is 19.5 Å².